The highest BCUT2D eigenvalue weighted by Gasteiger charge is 2.22. The van der Waals surface area contributed by atoms with Gasteiger partial charge in [-0.3, -0.25) is 4.79 Å². The highest BCUT2D eigenvalue weighted by molar-refractivity contribution is 7.11. The highest BCUT2D eigenvalue weighted by Crippen LogP contribution is 2.27. The van der Waals surface area contributed by atoms with Gasteiger partial charge >= 0.3 is 5.97 Å². The van der Waals surface area contributed by atoms with Crippen LogP contribution in [-0.2, 0) is 4.79 Å². The molecule has 0 radical (unpaired) electrons. The van der Waals surface area contributed by atoms with Gasteiger partial charge in [0.2, 0.25) is 0 Å². The SMILES string of the molecule is CN(CC1CCC1)C(=O)c1csc(C=CC(=O)O)c1. The van der Waals surface area contributed by atoms with Crippen LogP contribution >= 0.6 is 11.3 Å². The molecule has 1 aliphatic carbocycles. The molecule has 0 bridgehead atoms. The molecule has 1 amide bonds. The summed E-state index contributed by atoms with van der Waals surface area (Å²) in [6, 6.07) is 1.74. The van der Waals surface area contributed by atoms with Crippen molar-refractivity contribution < 1.29 is 14.7 Å². The molecule has 0 aliphatic heterocycles. The first kappa shape index (κ1) is 13.8. The van der Waals surface area contributed by atoms with Gasteiger partial charge in [0.1, 0.15) is 0 Å². The fraction of sp³-hybridized carbons (Fsp3) is 0.429. The number of thiophene rings is 1. The van der Waals surface area contributed by atoms with Gasteiger partial charge in [-0.15, -0.1) is 11.3 Å². The summed E-state index contributed by atoms with van der Waals surface area (Å²) in [6.45, 7) is 0.814. The molecule has 1 N–H and O–H groups in total. The zero-order chi connectivity index (χ0) is 13.8. The van der Waals surface area contributed by atoms with Gasteiger partial charge in [-0.05, 0) is 30.9 Å². The smallest absolute Gasteiger partial charge is 0.328 e. The Morgan fingerprint density at radius 3 is 2.84 bits per heavy atom. The molecule has 1 heterocycles. The first-order chi connectivity index (χ1) is 9.06. The Bertz CT molecular complexity index is 503. The first-order valence-electron chi connectivity index (χ1n) is 6.31. The van der Waals surface area contributed by atoms with E-state index in [2.05, 4.69) is 0 Å². The molecular weight excluding hydrogens is 262 g/mol. The number of carboxylic acids is 1. The van der Waals surface area contributed by atoms with Crippen LogP contribution in [-0.4, -0.2) is 35.5 Å². The average Bonchev–Trinajstić information content (AvgIpc) is 2.78. The Morgan fingerprint density at radius 1 is 1.53 bits per heavy atom. The molecule has 102 valence electrons. The maximum absolute atomic E-state index is 12.2. The van der Waals surface area contributed by atoms with Gasteiger partial charge < -0.3 is 10.0 Å². The van der Waals surface area contributed by atoms with Gasteiger partial charge in [-0.25, -0.2) is 4.79 Å². The van der Waals surface area contributed by atoms with Crippen LogP contribution in [0, 0.1) is 5.92 Å². The van der Waals surface area contributed by atoms with Crippen molar-refractivity contribution in [3.63, 3.8) is 0 Å². The number of carbonyl (C=O) groups is 2. The zero-order valence-corrected chi connectivity index (χ0v) is 11.7. The van der Waals surface area contributed by atoms with Crippen molar-refractivity contribution in [1.29, 1.82) is 0 Å². The maximum Gasteiger partial charge on any atom is 0.328 e. The molecule has 0 atom stereocenters. The van der Waals surface area contributed by atoms with Crippen molar-refractivity contribution in [3.8, 4) is 0 Å². The maximum atomic E-state index is 12.2. The summed E-state index contributed by atoms with van der Waals surface area (Å²) in [7, 11) is 1.82. The van der Waals surface area contributed by atoms with Crippen LogP contribution in [0.5, 0.6) is 0 Å². The van der Waals surface area contributed by atoms with Crippen molar-refractivity contribution in [3.05, 3.63) is 28.0 Å². The molecule has 5 heteroatoms. The van der Waals surface area contributed by atoms with Gasteiger partial charge in [0.05, 0.1) is 5.56 Å². The summed E-state index contributed by atoms with van der Waals surface area (Å²) in [4.78, 5) is 25.1. The molecule has 0 spiro atoms. The van der Waals surface area contributed by atoms with Crippen molar-refractivity contribution in [2.45, 2.75) is 19.3 Å². The summed E-state index contributed by atoms with van der Waals surface area (Å²) < 4.78 is 0. The van der Waals surface area contributed by atoms with E-state index in [1.165, 1.54) is 36.7 Å². The van der Waals surface area contributed by atoms with E-state index in [0.717, 1.165) is 17.5 Å². The second-order valence-electron chi connectivity index (χ2n) is 4.89. The predicted octanol–water partition coefficient (Wildman–Crippen LogP) is 2.72. The number of carbonyl (C=O) groups excluding carboxylic acids is 1. The second-order valence-corrected chi connectivity index (χ2v) is 5.83. The Morgan fingerprint density at radius 2 is 2.26 bits per heavy atom. The van der Waals surface area contributed by atoms with Crippen molar-refractivity contribution >= 4 is 29.3 Å². The molecule has 0 unspecified atom stereocenters. The lowest BCUT2D eigenvalue weighted by atomic mass is 9.85. The molecule has 0 aromatic carbocycles. The van der Waals surface area contributed by atoms with Gasteiger partial charge in [0.25, 0.3) is 5.91 Å². The fourth-order valence-electron chi connectivity index (χ4n) is 2.07. The second kappa shape index (κ2) is 6.02. The Kier molecular flexibility index (Phi) is 4.37. The van der Waals surface area contributed by atoms with Crippen LogP contribution in [0.2, 0.25) is 0 Å². The van der Waals surface area contributed by atoms with E-state index in [4.69, 9.17) is 5.11 Å². The average molecular weight is 279 g/mol. The third kappa shape index (κ3) is 3.67. The van der Waals surface area contributed by atoms with Crippen LogP contribution in [0.15, 0.2) is 17.5 Å². The van der Waals surface area contributed by atoms with Crippen molar-refractivity contribution in [2.24, 2.45) is 5.92 Å². The van der Waals surface area contributed by atoms with Crippen molar-refractivity contribution in [2.75, 3.05) is 13.6 Å². The van der Waals surface area contributed by atoms with Crippen LogP contribution in [0.1, 0.15) is 34.5 Å². The van der Waals surface area contributed by atoms with Crippen LogP contribution < -0.4 is 0 Å². The van der Waals surface area contributed by atoms with Gasteiger partial charge in [-0.1, -0.05) is 6.42 Å². The Hall–Kier alpha value is -1.62. The molecule has 0 saturated heterocycles. The molecule has 1 fully saturated rings. The fourth-order valence-corrected chi connectivity index (χ4v) is 2.85. The molecule has 1 aromatic rings. The predicted molar refractivity (Wildman–Crippen MR) is 75.3 cm³/mol. The number of hydrogen-bond donors (Lipinski definition) is 1. The van der Waals surface area contributed by atoms with Gasteiger partial charge in [0, 0.05) is 29.9 Å². The van der Waals surface area contributed by atoms with E-state index in [1.54, 1.807) is 16.3 Å². The molecule has 1 aliphatic rings. The number of aliphatic carboxylic acids is 1. The summed E-state index contributed by atoms with van der Waals surface area (Å²) in [5.41, 5.74) is 0.636. The lowest BCUT2D eigenvalue weighted by molar-refractivity contribution is -0.131. The quantitative estimate of drug-likeness (QED) is 0.843. The first-order valence-corrected chi connectivity index (χ1v) is 7.19. The summed E-state index contributed by atoms with van der Waals surface area (Å²) in [5.74, 6) is -0.319. The minimum Gasteiger partial charge on any atom is -0.478 e. The van der Waals surface area contributed by atoms with Gasteiger partial charge in [-0.2, -0.15) is 0 Å². The Labute approximate surface area is 116 Å². The van der Waals surface area contributed by atoms with E-state index >= 15 is 0 Å². The largest absolute Gasteiger partial charge is 0.478 e. The molecule has 4 nitrogen and oxygen atoms in total. The minimum absolute atomic E-state index is 0.0122. The number of nitrogens with zero attached hydrogens (tertiary/aromatic N) is 1. The summed E-state index contributed by atoms with van der Waals surface area (Å²) in [6.07, 6.45) is 6.30. The van der Waals surface area contributed by atoms with Crippen LogP contribution in [0.4, 0.5) is 0 Å². The monoisotopic (exact) mass is 279 g/mol. The van der Waals surface area contributed by atoms with Crippen molar-refractivity contribution in [1.82, 2.24) is 4.90 Å². The van der Waals surface area contributed by atoms with Crippen LogP contribution in [0.3, 0.4) is 0 Å². The topological polar surface area (TPSA) is 57.6 Å². The standard InChI is InChI=1S/C14H17NO3S/c1-15(8-10-3-2-4-10)14(18)11-7-12(19-9-11)5-6-13(16)17/h5-7,9-10H,2-4,8H2,1H3,(H,16,17). The van der Waals surface area contributed by atoms with E-state index in [-0.39, 0.29) is 5.91 Å². The van der Waals surface area contributed by atoms with E-state index in [9.17, 15) is 9.59 Å². The zero-order valence-electron chi connectivity index (χ0n) is 10.8. The summed E-state index contributed by atoms with van der Waals surface area (Å²) in [5, 5.41) is 10.3. The van der Waals surface area contributed by atoms with E-state index in [1.807, 2.05) is 7.05 Å². The van der Waals surface area contributed by atoms with E-state index in [0.29, 0.717) is 11.5 Å². The third-order valence-electron chi connectivity index (χ3n) is 3.36. The minimum atomic E-state index is -0.983. The van der Waals surface area contributed by atoms with E-state index < -0.39 is 5.97 Å². The van der Waals surface area contributed by atoms with Crippen LogP contribution in [0.25, 0.3) is 6.08 Å². The molecule has 19 heavy (non-hydrogen) atoms. The molecular formula is C14H17NO3S. The summed E-state index contributed by atoms with van der Waals surface area (Å²) >= 11 is 1.38. The van der Waals surface area contributed by atoms with Gasteiger partial charge in [0.15, 0.2) is 0 Å². The lowest BCUT2D eigenvalue weighted by Crippen LogP contribution is -2.34. The number of hydrogen-bond acceptors (Lipinski definition) is 3. The number of amides is 1. The molecule has 1 aromatic heterocycles. The molecule has 1 saturated carbocycles. The highest BCUT2D eigenvalue weighted by atomic mass is 32.1. The number of rotatable bonds is 5. The molecule has 2 rings (SSSR count). The Balaban J connectivity index is 1.96. The normalized spacial score (nSPS) is 15.4. The lowest BCUT2D eigenvalue weighted by Gasteiger charge is -2.30. The third-order valence-corrected chi connectivity index (χ3v) is 4.26. The number of carboxylic acid groups (broad SMARTS) is 1.